The number of benzene rings is 3. The topological polar surface area (TPSA) is 69.7 Å². The van der Waals surface area contributed by atoms with E-state index < -0.39 is 23.8 Å². The number of para-hydroxylation sites is 2. The standard InChI is InChI=1S/C24H20FN3O3/c25-18-13-11-17(12-14-18)16-27-21(15-22(29)26-19-7-3-1-4-8-19)23(30)28(24(27)31)20-9-5-2-6-10-20/h1-14,21H,15-16H2,(H,26,29). The molecule has 1 saturated heterocycles. The Morgan fingerprint density at radius 2 is 1.48 bits per heavy atom. The van der Waals surface area contributed by atoms with Gasteiger partial charge in [0.15, 0.2) is 0 Å². The Morgan fingerprint density at radius 3 is 2.13 bits per heavy atom. The van der Waals surface area contributed by atoms with Crippen LogP contribution in [0.15, 0.2) is 84.9 Å². The van der Waals surface area contributed by atoms with Crippen molar-refractivity contribution >= 4 is 29.2 Å². The van der Waals surface area contributed by atoms with E-state index in [1.54, 1.807) is 66.7 Å². The molecule has 0 aliphatic carbocycles. The van der Waals surface area contributed by atoms with Crippen molar-refractivity contribution in [1.82, 2.24) is 4.90 Å². The first-order valence-electron chi connectivity index (χ1n) is 9.82. The lowest BCUT2D eigenvalue weighted by Gasteiger charge is -2.21. The number of urea groups is 1. The number of rotatable bonds is 6. The maximum atomic E-state index is 13.3. The third kappa shape index (κ3) is 4.45. The molecule has 1 fully saturated rings. The SMILES string of the molecule is O=C(CC1C(=O)N(c2ccccc2)C(=O)N1Cc1ccc(F)cc1)Nc1ccccc1. The lowest BCUT2D eigenvalue weighted by atomic mass is 10.1. The number of nitrogens with zero attached hydrogens (tertiary/aromatic N) is 2. The van der Waals surface area contributed by atoms with Gasteiger partial charge in [0.05, 0.1) is 12.1 Å². The van der Waals surface area contributed by atoms with E-state index in [1.807, 2.05) is 6.07 Å². The van der Waals surface area contributed by atoms with Gasteiger partial charge in [-0.15, -0.1) is 0 Å². The second-order valence-electron chi connectivity index (χ2n) is 7.18. The average Bonchev–Trinajstić information content (AvgIpc) is 3.00. The molecule has 6 nitrogen and oxygen atoms in total. The Hall–Kier alpha value is -4.00. The van der Waals surface area contributed by atoms with Crippen molar-refractivity contribution in [1.29, 1.82) is 0 Å². The van der Waals surface area contributed by atoms with Gasteiger partial charge in [0.1, 0.15) is 11.9 Å². The van der Waals surface area contributed by atoms with Crippen LogP contribution in [0.3, 0.4) is 0 Å². The van der Waals surface area contributed by atoms with Crippen LogP contribution in [0.25, 0.3) is 0 Å². The van der Waals surface area contributed by atoms with Crippen molar-refractivity contribution in [3.8, 4) is 0 Å². The number of hydrogen-bond acceptors (Lipinski definition) is 3. The molecule has 156 valence electrons. The molecule has 4 rings (SSSR count). The lowest BCUT2D eigenvalue weighted by Crippen LogP contribution is -2.37. The Morgan fingerprint density at radius 1 is 0.871 bits per heavy atom. The Bertz CT molecular complexity index is 1090. The summed E-state index contributed by atoms with van der Waals surface area (Å²) in [6.45, 7) is 0.0808. The first-order valence-corrected chi connectivity index (χ1v) is 9.82. The zero-order valence-corrected chi connectivity index (χ0v) is 16.6. The van der Waals surface area contributed by atoms with E-state index >= 15 is 0 Å². The van der Waals surface area contributed by atoms with Crippen molar-refractivity contribution in [3.63, 3.8) is 0 Å². The summed E-state index contributed by atoms with van der Waals surface area (Å²) in [6.07, 6.45) is -0.190. The minimum absolute atomic E-state index is 0.0808. The van der Waals surface area contributed by atoms with E-state index in [9.17, 15) is 18.8 Å². The van der Waals surface area contributed by atoms with Crippen LogP contribution < -0.4 is 10.2 Å². The highest BCUT2D eigenvalue weighted by molar-refractivity contribution is 6.22. The van der Waals surface area contributed by atoms with E-state index in [0.717, 1.165) is 4.90 Å². The van der Waals surface area contributed by atoms with E-state index in [2.05, 4.69) is 5.32 Å². The minimum Gasteiger partial charge on any atom is -0.326 e. The number of amides is 4. The predicted molar refractivity (Wildman–Crippen MR) is 115 cm³/mol. The maximum absolute atomic E-state index is 13.3. The maximum Gasteiger partial charge on any atom is 0.332 e. The van der Waals surface area contributed by atoms with Gasteiger partial charge in [-0.1, -0.05) is 48.5 Å². The molecule has 31 heavy (non-hydrogen) atoms. The van der Waals surface area contributed by atoms with Crippen LogP contribution in [0.4, 0.5) is 20.6 Å². The highest BCUT2D eigenvalue weighted by Gasteiger charge is 2.46. The molecule has 0 spiro atoms. The van der Waals surface area contributed by atoms with E-state index in [-0.39, 0.29) is 18.9 Å². The van der Waals surface area contributed by atoms with Crippen molar-refractivity contribution in [2.45, 2.75) is 19.0 Å². The van der Waals surface area contributed by atoms with Crippen LogP contribution in [-0.2, 0) is 16.1 Å². The van der Waals surface area contributed by atoms with Gasteiger partial charge in [0.25, 0.3) is 5.91 Å². The fourth-order valence-corrected chi connectivity index (χ4v) is 3.52. The fourth-order valence-electron chi connectivity index (χ4n) is 3.52. The van der Waals surface area contributed by atoms with Crippen LogP contribution in [0.5, 0.6) is 0 Å². The van der Waals surface area contributed by atoms with Gasteiger partial charge < -0.3 is 10.2 Å². The van der Waals surface area contributed by atoms with Gasteiger partial charge in [-0.05, 0) is 42.0 Å². The number of nitrogens with one attached hydrogen (secondary N) is 1. The second kappa shape index (κ2) is 8.79. The molecule has 7 heteroatoms. The quantitative estimate of drug-likeness (QED) is 0.612. The number of hydrogen-bond donors (Lipinski definition) is 1. The van der Waals surface area contributed by atoms with Gasteiger partial charge in [0.2, 0.25) is 5.91 Å². The highest BCUT2D eigenvalue weighted by atomic mass is 19.1. The molecule has 1 N–H and O–H groups in total. The average molecular weight is 417 g/mol. The Kier molecular flexibility index (Phi) is 5.75. The van der Waals surface area contributed by atoms with E-state index in [0.29, 0.717) is 16.9 Å². The summed E-state index contributed by atoms with van der Waals surface area (Å²) in [7, 11) is 0. The Balaban J connectivity index is 1.60. The van der Waals surface area contributed by atoms with Gasteiger partial charge in [-0.3, -0.25) is 9.59 Å². The van der Waals surface area contributed by atoms with Crippen molar-refractivity contribution in [2.24, 2.45) is 0 Å². The number of carbonyl (C=O) groups is 3. The van der Waals surface area contributed by atoms with Crippen molar-refractivity contribution in [3.05, 3.63) is 96.3 Å². The molecule has 3 aromatic rings. The number of imide groups is 1. The molecule has 1 unspecified atom stereocenters. The third-order valence-electron chi connectivity index (χ3n) is 5.04. The Labute approximate surface area is 178 Å². The van der Waals surface area contributed by atoms with Gasteiger partial charge in [-0.25, -0.2) is 14.1 Å². The summed E-state index contributed by atoms with van der Waals surface area (Å²) < 4.78 is 13.3. The molecule has 0 saturated carbocycles. The van der Waals surface area contributed by atoms with E-state index in [4.69, 9.17) is 0 Å². The molecule has 0 radical (unpaired) electrons. The summed E-state index contributed by atoms with van der Waals surface area (Å²) in [6, 6.07) is 21.7. The predicted octanol–water partition coefficient (Wildman–Crippen LogP) is 4.19. The highest BCUT2D eigenvalue weighted by Crippen LogP contribution is 2.28. The largest absolute Gasteiger partial charge is 0.332 e. The zero-order chi connectivity index (χ0) is 21.8. The van der Waals surface area contributed by atoms with Crippen LogP contribution in [-0.4, -0.2) is 28.8 Å². The number of halogens is 1. The lowest BCUT2D eigenvalue weighted by molar-refractivity contribution is -0.124. The molecule has 1 aliphatic heterocycles. The van der Waals surface area contributed by atoms with Crippen LogP contribution in [0.2, 0.25) is 0 Å². The van der Waals surface area contributed by atoms with E-state index in [1.165, 1.54) is 17.0 Å². The first kappa shape index (κ1) is 20.3. The summed E-state index contributed by atoms with van der Waals surface area (Å²) in [4.78, 5) is 41.4. The zero-order valence-electron chi connectivity index (χ0n) is 16.6. The second-order valence-corrected chi connectivity index (χ2v) is 7.18. The fraction of sp³-hybridized carbons (Fsp3) is 0.125. The molecule has 0 aromatic heterocycles. The van der Waals surface area contributed by atoms with Gasteiger partial charge in [-0.2, -0.15) is 0 Å². The first-order chi connectivity index (χ1) is 15.0. The molecular formula is C24H20FN3O3. The summed E-state index contributed by atoms with van der Waals surface area (Å²) in [5, 5.41) is 2.75. The van der Waals surface area contributed by atoms with Crippen molar-refractivity contribution < 1.29 is 18.8 Å². The summed E-state index contributed by atoms with van der Waals surface area (Å²) in [5.41, 5.74) is 1.70. The molecule has 3 aromatic carbocycles. The van der Waals surface area contributed by atoms with Crippen LogP contribution in [0.1, 0.15) is 12.0 Å². The molecule has 4 amide bonds. The monoisotopic (exact) mass is 417 g/mol. The molecule has 1 atom stereocenters. The molecule has 1 aliphatic rings. The molecule has 0 bridgehead atoms. The normalized spacial score (nSPS) is 16.0. The molecular weight excluding hydrogens is 397 g/mol. The smallest absolute Gasteiger partial charge is 0.326 e. The number of carbonyl (C=O) groups excluding carboxylic acids is 3. The number of anilines is 2. The van der Waals surface area contributed by atoms with Gasteiger partial charge >= 0.3 is 6.03 Å². The minimum atomic E-state index is -0.971. The molecule has 1 heterocycles. The van der Waals surface area contributed by atoms with Crippen molar-refractivity contribution in [2.75, 3.05) is 10.2 Å². The third-order valence-corrected chi connectivity index (χ3v) is 5.04. The van der Waals surface area contributed by atoms with Crippen LogP contribution in [0, 0.1) is 5.82 Å². The van der Waals surface area contributed by atoms with Crippen LogP contribution >= 0.6 is 0 Å². The summed E-state index contributed by atoms with van der Waals surface area (Å²) >= 11 is 0. The van der Waals surface area contributed by atoms with Gasteiger partial charge in [0, 0.05) is 12.2 Å². The summed E-state index contributed by atoms with van der Waals surface area (Å²) in [5.74, 6) is -1.24.